The lowest BCUT2D eigenvalue weighted by molar-refractivity contribution is 0.185. The number of hydrogen-bond donors (Lipinski definition) is 1. The second-order valence-electron chi connectivity index (χ2n) is 7.93. The van der Waals surface area contributed by atoms with Gasteiger partial charge in [-0.05, 0) is 43.7 Å². The molecule has 1 N–H and O–H groups in total. The number of urea groups is 1. The van der Waals surface area contributed by atoms with Crippen LogP contribution in [0.5, 0.6) is 0 Å². The molecule has 2 fully saturated rings. The molecule has 3 aliphatic rings. The van der Waals surface area contributed by atoms with Crippen molar-refractivity contribution in [1.29, 1.82) is 0 Å². The number of furan rings is 1. The first-order valence-electron chi connectivity index (χ1n) is 9.73. The van der Waals surface area contributed by atoms with Gasteiger partial charge in [-0.25, -0.2) is 4.79 Å². The standard InChI is InChI=1S/C19H25N5O2/c1-12-9-15(12)16-7-6-14(26-16)11-24(13-4-5-13)19(25)20-10-18-22-21-17-3-2-8-23(17)18/h6-7,12-13,15H,2-5,8-11H2,1H3,(H,20,25)/t12-,15+/m1/s1. The summed E-state index contributed by atoms with van der Waals surface area (Å²) < 4.78 is 8.12. The number of aryl methyl sites for hydroxylation is 1. The highest BCUT2D eigenvalue weighted by atomic mass is 16.3. The molecule has 0 unspecified atom stereocenters. The molecule has 2 aromatic rings. The van der Waals surface area contributed by atoms with Crippen molar-refractivity contribution in [3.8, 4) is 0 Å². The molecule has 5 rings (SSSR count). The molecule has 2 aromatic heterocycles. The van der Waals surface area contributed by atoms with Gasteiger partial charge in [-0.15, -0.1) is 10.2 Å². The highest BCUT2D eigenvalue weighted by molar-refractivity contribution is 5.74. The Morgan fingerprint density at radius 1 is 1.38 bits per heavy atom. The van der Waals surface area contributed by atoms with Gasteiger partial charge in [0.2, 0.25) is 0 Å². The smallest absolute Gasteiger partial charge is 0.318 e. The van der Waals surface area contributed by atoms with Gasteiger partial charge in [-0.2, -0.15) is 0 Å². The maximum absolute atomic E-state index is 12.7. The summed E-state index contributed by atoms with van der Waals surface area (Å²) in [5.74, 6) is 5.13. The van der Waals surface area contributed by atoms with Gasteiger partial charge in [0, 0.05) is 24.9 Å². The molecule has 2 aliphatic carbocycles. The van der Waals surface area contributed by atoms with E-state index in [1.165, 1.54) is 6.42 Å². The maximum atomic E-state index is 12.7. The molecule has 2 amide bonds. The summed E-state index contributed by atoms with van der Waals surface area (Å²) in [6, 6.07) is 4.38. The first-order chi connectivity index (χ1) is 12.7. The van der Waals surface area contributed by atoms with Crippen LogP contribution in [0.1, 0.15) is 61.7 Å². The number of nitrogens with one attached hydrogen (secondary N) is 1. The van der Waals surface area contributed by atoms with Gasteiger partial charge in [0.05, 0.1) is 13.1 Å². The van der Waals surface area contributed by atoms with Gasteiger partial charge in [-0.1, -0.05) is 6.92 Å². The normalized spacial score (nSPS) is 23.7. The molecule has 0 aromatic carbocycles. The summed E-state index contributed by atoms with van der Waals surface area (Å²) in [5, 5.41) is 11.4. The maximum Gasteiger partial charge on any atom is 0.318 e. The van der Waals surface area contributed by atoms with E-state index in [0.29, 0.717) is 25.0 Å². The Kier molecular flexibility index (Phi) is 3.76. The molecule has 2 saturated carbocycles. The van der Waals surface area contributed by atoms with E-state index in [4.69, 9.17) is 4.42 Å². The van der Waals surface area contributed by atoms with Gasteiger partial charge in [0.25, 0.3) is 0 Å². The first kappa shape index (κ1) is 15.9. The summed E-state index contributed by atoms with van der Waals surface area (Å²) in [7, 11) is 0. The molecular formula is C19H25N5O2. The minimum Gasteiger partial charge on any atom is -0.464 e. The Morgan fingerprint density at radius 3 is 3.00 bits per heavy atom. The fourth-order valence-electron chi connectivity index (χ4n) is 3.92. The van der Waals surface area contributed by atoms with E-state index in [-0.39, 0.29) is 6.03 Å². The molecule has 0 radical (unpaired) electrons. The molecule has 3 heterocycles. The van der Waals surface area contributed by atoms with Crippen LogP contribution in [0.2, 0.25) is 0 Å². The molecule has 26 heavy (non-hydrogen) atoms. The van der Waals surface area contributed by atoms with Gasteiger partial charge in [-0.3, -0.25) is 0 Å². The van der Waals surface area contributed by atoms with E-state index < -0.39 is 0 Å². The van der Waals surface area contributed by atoms with Crippen molar-refractivity contribution in [2.24, 2.45) is 5.92 Å². The number of amides is 2. The van der Waals surface area contributed by atoms with Crippen molar-refractivity contribution in [2.75, 3.05) is 0 Å². The number of nitrogens with zero attached hydrogens (tertiary/aromatic N) is 4. The number of rotatable bonds is 6. The molecule has 7 nitrogen and oxygen atoms in total. The number of carbonyl (C=O) groups excluding carboxylic acids is 1. The van der Waals surface area contributed by atoms with Crippen molar-refractivity contribution in [1.82, 2.24) is 25.0 Å². The molecular weight excluding hydrogens is 330 g/mol. The third-order valence-electron chi connectivity index (χ3n) is 5.82. The zero-order chi connectivity index (χ0) is 17.7. The predicted molar refractivity (Wildman–Crippen MR) is 94.4 cm³/mol. The summed E-state index contributed by atoms with van der Waals surface area (Å²) in [4.78, 5) is 14.6. The van der Waals surface area contributed by atoms with E-state index >= 15 is 0 Å². The molecule has 7 heteroatoms. The van der Waals surface area contributed by atoms with Crippen molar-refractivity contribution in [2.45, 2.75) is 70.6 Å². The van der Waals surface area contributed by atoms with Crippen molar-refractivity contribution in [3.05, 3.63) is 35.3 Å². The summed E-state index contributed by atoms with van der Waals surface area (Å²) in [6.45, 7) is 4.17. The van der Waals surface area contributed by atoms with Gasteiger partial charge < -0.3 is 19.2 Å². The topological polar surface area (TPSA) is 76.2 Å². The minimum atomic E-state index is -0.0411. The molecule has 0 spiro atoms. The van der Waals surface area contributed by atoms with Crippen LogP contribution in [0, 0.1) is 5.92 Å². The lowest BCUT2D eigenvalue weighted by Crippen LogP contribution is -2.40. The van der Waals surface area contributed by atoms with Crippen LogP contribution in [0.3, 0.4) is 0 Å². The molecule has 138 valence electrons. The Bertz CT molecular complexity index is 822. The Balaban J connectivity index is 1.22. The van der Waals surface area contributed by atoms with Crippen molar-refractivity contribution in [3.63, 3.8) is 0 Å². The van der Waals surface area contributed by atoms with Crippen LogP contribution >= 0.6 is 0 Å². The van der Waals surface area contributed by atoms with Crippen LogP contribution < -0.4 is 5.32 Å². The lowest BCUT2D eigenvalue weighted by atomic mass is 10.3. The zero-order valence-electron chi connectivity index (χ0n) is 15.1. The van der Waals surface area contributed by atoms with Crippen LogP contribution in [-0.4, -0.2) is 31.7 Å². The number of hydrogen-bond acceptors (Lipinski definition) is 4. The highest BCUT2D eigenvalue weighted by Crippen LogP contribution is 2.47. The summed E-state index contributed by atoms with van der Waals surface area (Å²) in [5.41, 5.74) is 0. The van der Waals surface area contributed by atoms with E-state index in [9.17, 15) is 4.79 Å². The number of fused-ring (bicyclic) bond motifs is 1. The van der Waals surface area contributed by atoms with Gasteiger partial charge in [0.1, 0.15) is 17.3 Å². The Morgan fingerprint density at radius 2 is 2.23 bits per heavy atom. The van der Waals surface area contributed by atoms with E-state index in [2.05, 4.69) is 33.1 Å². The van der Waals surface area contributed by atoms with Crippen LogP contribution in [0.15, 0.2) is 16.5 Å². The fourth-order valence-corrected chi connectivity index (χ4v) is 3.92. The predicted octanol–water partition coefficient (Wildman–Crippen LogP) is 2.81. The highest BCUT2D eigenvalue weighted by Gasteiger charge is 2.37. The third kappa shape index (κ3) is 2.99. The Labute approximate surface area is 152 Å². The second kappa shape index (κ2) is 6.14. The Hall–Kier alpha value is -2.31. The third-order valence-corrected chi connectivity index (χ3v) is 5.82. The van der Waals surface area contributed by atoms with Gasteiger partial charge in [0.15, 0.2) is 5.82 Å². The lowest BCUT2D eigenvalue weighted by Gasteiger charge is -2.21. The fraction of sp³-hybridized carbons (Fsp3) is 0.632. The van der Waals surface area contributed by atoms with Gasteiger partial charge >= 0.3 is 6.03 Å². The van der Waals surface area contributed by atoms with E-state index in [1.807, 2.05) is 11.0 Å². The van der Waals surface area contributed by atoms with Crippen molar-refractivity contribution < 1.29 is 9.21 Å². The van der Waals surface area contributed by atoms with E-state index in [1.54, 1.807) is 0 Å². The zero-order valence-corrected chi connectivity index (χ0v) is 15.1. The summed E-state index contributed by atoms with van der Waals surface area (Å²) in [6.07, 6.45) is 5.44. The average Bonchev–Trinajstić information content (AvgIpc) is 3.42. The average molecular weight is 355 g/mol. The number of carbonyl (C=O) groups is 1. The second-order valence-corrected chi connectivity index (χ2v) is 7.93. The summed E-state index contributed by atoms with van der Waals surface area (Å²) >= 11 is 0. The van der Waals surface area contributed by atoms with Crippen LogP contribution in [-0.2, 0) is 26.1 Å². The SMILES string of the molecule is C[C@@H]1C[C@@H]1c1ccc(CN(C(=O)NCc2nnc3n2CCC3)C2CC2)o1. The first-order valence-corrected chi connectivity index (χ1v) is 9.73. The van der Waals surface area contributed by atoms with Crippen LogP contribution in [0.4, 0.5) is 4.79 Å². The van der Waals surface area contributed by atoms with E-state index in [0.717, 1.165) is 61.3 Å². The quantitative estimate of drug-likeness (QED) is 0.864. The van der Waals surface area contributed by atoms with Crippen LogP contribution in [0.25, 0.3) is 0 Å². The largest absolute Gasteiger partial charge is 0.464 e. The molecule has 0 saturated heterocycles. The minimum absolute atomic E-state index is 0.0411. The molecule has 1 aliphatic heterocycles. The molecule has 2 atom stereocenters. The number of aromatic nitrogens is 3. The molecule has 0 bridgehead atoms. The van der Waals surface area contributed by atoms with Crippen molar-refractivity contribution >= 4 is 6.03 Å². The monoisotopic (exact) mass is 355 g/mol.